The van der Waals surface area contributed by atoms with Gasteiger partial charge in [0.1, 0.15) is 17.1 Å². The lowest BCUT2D eigenvalue weighted by molar-refractivity contribution is -0.137. The summed E-state index contributed by atoms with van der Waals surface area (Å²) in [6, 6.07) is 9.39. The van der Waals surface area contributed by atoms with Crippen molar-refractivity contribution >= 4 is 18.4 Å². The lowest BCUT2D eigenvalue weighted by Gasteiger charge is -2.06. The second-order valence-electron chi connectivity index (χ2n) is 5.68. The number of furan rings is 1. The fraction of sp³-hybridized carbons (Fsp3) is 0.158. The summed E-state index contributed by atoms with van der Waals surface area (Å²) in [5.74, 6) is -0.637. The number of carboxylic acid groups (broad SMARTS) is 1. The SMILES string of the molecule is Cl.O=C(O)c1cc(-c2ccc(C(F)(F)F)cc2)oc1CCc1ccncc1. The van der Waals surface area contributed by atoms with Crippen molar-refractivity contribution in [1.82, 2.24) is 4.98 Å². The van der Waals surface area contributed by atoms with E-state index in [0.717, 1.165) is 17.7 Å². The van der Waals surface area contributed by atoms with Crippen molar-refractivity contribution in [2.75, 3.05) is 0 Å². The largest absolute Gasteiger partial charge is 0.478 e. The third-order valence-electron chi connectivity index (χ3n) is 3.93. The average molecular weight is 398 g/mol. The highest BCUT2D eigenvalue weighted by atomic mass is 35.5. The first kappa shape index (κ1) is 20.5. The van der Waals surface area contributed by atoms with Crippen LogP contribution in [-0.4, -0.2) is 16.1 Å². The van der Waals surface area contributed by atoms with Crippen LogP contribution in [0.2, 0.25) is 0 Å². The third-order valence-corrected chi connectivity index (χ3v) is 3.93. The molecule has 0 atom stereocenters. The number of nitrogens with zero attached hydrogens (tertiary/aromatic N) is 1. The molecule has 0 amide bonds. The molecule has 8 heteroatoms. The number of aryl methyl sites for hydroxylation is 2. The molecule has 3 rings (SSSR count). The summed E-state index contributed by atoms with van der Waals surface area (Å²) >= 11 is 0. The number of carbonyl (C=O) groups is 1. The molecule has 2 aromatic heterocycles. The van der Waals surface area contributed by atoms with Gasteiger partial charge in [0.15, 0.2) is 0 Å². The maximum absolute atomic E-state index is 12.7. The van der Waals surface area contributed by atoms with Gasteiger partial charge in [0, 0.05) is 24.4 Å². The number of benzene rings is 1. The molecule has 1 aromatic carbocycles. The predicted octanol–water partition coefficient (Wildman–Crippen LogP) is 5.27. The quantitative estimate of drug-likeness (QED) is 0.637. The Labute approximate surface area is 159 Å². The van der Waals surface area contributed by atoms with Crippen LogP contribution in [0.25, 0.3) is 11.3 Å². The van der Waals surface area contributed by atoms with Gasteiger partial charge in [-0.05, 0) is 42.3 Å². The first-order valence-electron chi connectivity index (χ1n) is 7.77. The van der Waals surface area contributed by atoms with E-state index in [2.05, 4.69) is 4.98 Å². The van der Waals surface area contributed by atoms with Gasteiger partial charge in [0.2, 0.25) is 0 Å². The van der Waals surface area contributed by atoms with E-state index in [9.17, 15) is 23.1 Å². The van der Waals surface area contributed by atoms with Gasteiger partial charge in [0.05, 0.1) is 5.56 Å². The summed E-state index contributed by atoms with van der Waals surface area (Å²) < 4.78 is 43.6. The Morgan fingerprint density at radius 3 is 2.22 bits per heavy atom. The molecule has 0 aliphatic heterocycles. The standard InChI is InChI=1S/C19H14F3NO3.ClH/c20-19(21,22)14-4-2-13(3-5-14)17-11-15(18(24)25)16(26-17)6-1-12-7-9-23-10-8-12;/h2-5,7-11H,1,6H2,(H,24,25);1H. The number of hydrogen-bond acceptors (Lipinski definition) is 3. The van der Waals surface area contributed by atoms with E-state index in [1.165, 1.54) is 18.2 Å². The molecule has 4 nitrogen and oxygen atoms in total. The van der Waals surface area contributed by atoms with Crippen molar-refractivity contribution in [3.05, 3.63) is 77.3 Å². The molecule has 27 heavy (non-hydrogen) atoms. The average Bonchev–Trinajstić information content (AvgIpc) is 3.05. The smallest absolute Gasteiger partial charge is 0.416 e. The molecular weight excluding hydrogens is 383 g/mol. The molecule has 1 N–H and O–H groups in total. The molecule has 0 bridgehead atoms. The molecule has 0 spiro atoms. The summed E-state index contributed by atoms with van der Waals surface area (Å²) in [6.07, 6.45) is -0.231. The van der Waals surface area contributed by atoms with Crippen molar-refractivity contribution in [3.63, 3.8) is 0 Å². The van der Waals surface area contributed by atoms with Crippen LogP contribution in [0, 0.1) is 0 Å². The normalized spacial score (nSPS) is 11.1. The number of halogens is 4. The molecule has 0 fully saturated rings. The molecule has 0 saturated heterocycles. The van der Waals surface area contributed by atoms with Crippen LogP contribution in [0.5, 0.6) is 0 Å². The van der Waals surface area contributed by atoms with Crippen LogP contribution >= 0.6 is 12.4 Å². The van der Waals surface area contributed by atoms with Crippen molar-refractivity contribution < 1.29 is 27.5 Å². The molecule has 0 aliphatic rings. The van der Waals surface area contributed by atoms with Gasteiger partial charge in [-0.3, -0.25) is 4.98 Å². The summed E-state index contributed by atoms with van der Waals surface area (Å²) in [6.45, 7) is 0. The summed E-state index contributed by atoms with van der Waals surface area (Å²) in [4.78, 5) is 15.4. The van der Waals surface area contributed by atoms with Crippen LogP contribution in [0.15, 0.2) is 59.3 Å². The summed E-state index contributed by atoms with van der Waals surface area (Å²) in [5.41, 5.74) is 0.595. The fourth-order valence-electron chi connectivity index (χ4n) is 2.57. The Bertz CT molecular complexity index is 906. The Kier molecular flexibility index (Phi) is 6.28. The van der Waals surface area contributed by atoms with E-state index in [0.29, 0.717) is 18.4 Å². The van der Waals surface area contributed by atoms with Crippen molar-refractivity contribution in [2.24, 2.45) is 0 Å². The molecule has 0 saturated carbocycles. The number of alkyl halides is 3. The molecule has 2 heterocycles. The van der Waals surface area contributed by atoms with E-state index < -0.39 is 17.7 Å². The molecule has 3 aromatic rings. The van der Waals surface area contributed by atoms with Gasteiger partial charge in [-0.15, -0.1) is 12.4 Å². The first-order chi connectivity index (χ1) is 12.3. The number of pyridine rings is 1. The van der Waals surface area contributed by atoms with E-state index >= 15 is 0 Å². The van der Waals surface area contributed by atoms with Crippen LogP contribution < -0.4 is 0 Å². The highest BCUT2D eigenvalue weighted by molar-refractivity contribution is 5.90. The van der Waals surface area contributed by atoms with Crippen molar-refractivity contribution in [3.8, 4) is 11.3 Å². The van der Waals surface area contributed by atoms with Gasteiger partial charge in [-0.2, -0.15) is 13.2 Å². The minimum Gasteiger partial charge on any atom is -0.478 e. The maximum atomic E-state index is 12.7. The highest BCUT2D eigenvalue weighted by Gasteiger charge is 2.30. The minimum absolute atomic E-state index is 0. The molecule has 142 valence electrons. The zero-order chi connectivity index (χ0) is 18.7. The van der Waals surface area contributed by atoms with Crippen molar-refractivity contribution in [2.45, 2.75) is 19.0 Å². The van der Waals surface area contributed by atoms with Crippen LogP contribution in [0.4, 0.5) is 13.2 Å². The van der Waals surface area contributed by atoms with Gasteiger partial charge < -0.3 is 9.52 Å². The van der Waals surface area contributed by atoms with E-state index in [4.69, 9.17) is 4.42 Å². The second-order valence-corrected chi connectivity index (χ2v) is 5.68. The summed E-state index contributed by atoms with van der Waals surface area (Å²) in [7, 11) is 0. The van der Waals surface area contributed by atoms with Gasteiger partial charge in [-0.1, -0.05) is 12.1 Å². The number of carboxylic acids is 1. The van der Waals surface area contributed by atoms with Crippen LogP contribution in [0.3, 0.4) is 0 Å². The number of hydrogen-bond donors (Lipinski definition) is 1. The predicted molar refractivity (Wildman–Crippen MR) is 95.0 cm³/mol. The topological polar surface area (TPSA) is 63.3 Å². The highest BCUT2D eigenvalue weighted by Crippen LogP contribution is 2.32. The van der Waals surface area contributed by atoms with E-state index in [1.807, 2.05) is 12.1 Å². The van der Waals surface area contributed by atoms with Gasteiger partial charge in [-0.25, -0.2) is 4.79 Å². The monoisotopic (exact) mass is 397 g/mol. The number of rotatable bonds is 5. The lowest BCUT2D eigenvalue weighted by Crippen LogP contribution is -2.03. The zero-order valence-corrected chi connectivity index (χ0v) is 14.7. The molecule has 0 unspecified atom stereocenters. The van der Waals surface area contributed by atoms with Gasteiger partial charge in [0.25, 0.3) is 0 Å². The second kappa shape index (κ2) is 8.26. The Morgan fingerprint density at radius 2 is 1.67 bits per heavy atom. The fourth-order valence-corrected chi connectivity index (χ4v) is 2.57. The van der Waals surface area contributed by atoms with Gasteiger partial charge >= 0.3 is 12.1 Å². The first-order valence-corrected chi connectivity index (χ1v) is 7.77. The van der Waals surface area contributed by atoms with Crippen LogP contribution in [0.1, 0.15) is 27.2 Å². The maximum Gasteiger partial charge on any atom is 0.416 e. The van der Waals surface area contributed by atoms with Crippen LogP contribution in [-0.2, 0) is 19.0 Å². The molecule has 0 aliphatic carbocycles. The summed E-state index contributed by atoms with van der Waals surface area (Å²) in [5, 5.41) is 9.36. The van der Waals surface area contributed by atoms with Crippen molar-refractivity contribution in [1.29, 1.82) is 0 Å². The Hall–Kier alpha value is -2.80. The zero-order valence-electron chi connectivity index (χ0n) is 13.9. The van der Waals surface area contributed by atoms with E-state index in [1.54, 1.807) is 12.4 Å². The Balaban J connectivity index is 0.00000261. The third kappa shape index (κ3) is 4.89. The molecule has 0 radical (unpaired) electrons. The molecular formula is C19H15ClF3NO3. The number of aromatic nitrogens is 1. The number of aromatic carboxylic acids is 1. The Morgan fingerprint density at radius 1 is 1.04 bits per heavy atom. The minimum atomic E-state index is -4.43. The van der Waals surface area contributed by atoms with E-state index in [-0.39, 0.29) is 29.5 Å². The lowest BCUT2D eigenvalue weighted by atomic mass is 10.1.